The van der Waals surface area contributed by atoms with E-state index >= 15 is 0 Å². The molecule has 72 heavy (non-hydrogen) atoms. The van der Waals surface area contributed by atoms with Crippen molar-refractivity contribution in [2.24, 2.45) is 0 Å². The molecule has 11 aromatic carbocycles. The zero-order valence-electron chi connectivity index (χ0n) is 39.7. The first kappa shape index (κ1) is 43.6. The molecule has 0 radical (unpaired) electrons. The third-order valence-electron chi connectivity index (χ3n) is 13.3. The van der Waals surface area contributed by atoms with Gasteiger partial charge in [0.2, 0.25) is 0 Å². The summed E-state index contributed by atoms with van der Waals surface area (Å²) in [5.41, 5.74) is 19.0. The van der Waals surface area contributed by atoms with E-state index in [1.54, 1.807) is 0 Å². The van der Waals surface area contributed by atoms with Crippen molar-refractivity contribution in [1.29, 1.82) is 0 Å². The number of benzene rings is 11. The van der Waals surface area contributed by atoms with Crippen LogP contribution in [0.25, 0.3) is 50.1 Å². The maximum Gasteiger partial charge on any atom is 0.0619 e. The van der Waals surface area contributed by atoms with Crippen molar-refractivity contribution >= 4 is 62.1 Å². The molecule has 1 heterocycles. The van der Waals surface area contributed by atoms with Gasteiger partial charge in [0.15, 0.2) is 0 Å². The maximum atomic E-state index is 2.42. The zero-order valence-corrected chi connectivity index (χ0v) is 39.7. The fraction of sp³-hybridized carbons (Fsp3) is 0. The summed E-state index contributed by atoms with van der Waals surface area (Å²) in [7, 11) is 0. The van der Waals surface area contributed by atoms with Crippen molar-refractivity contribution in [2.75, 3.05) is 14.7 Å². The number of anilines is 9. The topological polar surface area (TPSA) is 14.7 Å². The van der Waals surface area contributed by atoms with Gasteiger partial charge >= 0.3 is 0 Å². The third-order valence-corrected chi connectivity index (χ3v) is 13.3. The molecule has 0 aliphatic rings. The molecule has 1 aromatic heterocycles. The second-order valence-electron chi connectivity index (χ2n) is 17.8. The summed E-state index contributed by atoms with van der Waals surface area (Å²) in [6.45, 7) is 0. The van der Waals surface area contributed by atoms with Gasteiger partial charge in [0.25, 0.3) is 0 Å². The van der Waals surface area contributed by atoms with Crippen LogP contribution in [0.1, 0.15) is 0 Å². The highest BCUT2D eigenvalue weighted by Crippen LogP contribution is 2.45. The van der Waals surface area contributed by atoms with Crippen LogP contribution >= 0.6 is 0 Å². The predicted octanol–water partition coefficient (Wildman–Crippen LogP) is 19.0. The van der Waals surface area contributed by atoms with E-state index in [0.717, 1.165) is 73.5 Å². The Labute approximate surface area is 421 Å². The number of aromatic nitrogens is 1. The lowest BCUT2D eigenvalue weighted by Gasteiger charge is -2.29. The van der Waals surface area contributed by atoms with Gasteiger partial charge in [-0.1, -0.05) is 170 Å². The molecule has 342 valence electrons. The zero-order chi connectivity index (χ0) is 48.1. The van der Waals surface area contributed by atoms with Crippen LogP contribution in [0.2, 0.25) is 0 Å². The Balaban J connectivity index is 0.967. The monoisotopic (exact) mass is 922 g/mol. The molecule has 0 N–H and O–H groups in total. The van der Waals surface area contributed by atoms with Crippen LogP contribution in [-0.4, -0.2) is 4.57 Å². The molecule has 0 fully saturated rings. The lowest BCUT2D eigenvalue weighted by atomic mass is 9.96. The van der Waals surface area contributed by atoms with E-state index in [1.807, 2.05) is 0 Å². The van der Waals surface area contributed by atoms with Crippen molar-refractivity contribution in [2.45, 2.75) is 0 Å². The fourth-order valence-electron chi connectivity index (χ4n) is 10.0. The molecule has 0 atom stereocenters. The van der Waals surface area contributed by atoms with E-state index in [1.165, 1.54) is 27.8 Å². The highest BCUT2D eigenvalue weighted by molar-refractivity contribution is 6.07. The van der Waals surface area contributed by atoms with Crippen molar-refractivity contribution in [1.82, 2.24) is 4.57 Å². The van der Waals surface area contributed by atoms with E-state index < -0.39 is 0 Å². The number of hydrogen-bond donors (Lipinski definition) is 0. The Morgan fingerprint density at radius 1 is 0.222 bits per heavy atom. The quantitative estimate of drug-likeness (QED) is 0.115. The molecule has 0 aliphatic carbocycles. The Morgan fingerprint density at radius 2 is 0.514 bits per heavy atom. The molecule has 0 bridgehead atoms. The van der Waals surface area contributed by atoms with Crippen LogP contribution in [-0.2, 0) is 0 Å². The molecule has 0 unspecified atom stereocenters. The smallest absolute Gasteiger partial charge is 0.0619 e. The predicted molar refractivity (Wildman–Crippen MR) is 304 cm³/mol. The van der Waals surface area contributed by atoms with Crippen LogP contribution in [0.4, 0.5) is 51.2 Å². The van der Waals surface area contributed by atoms with Crippen molar-refractivity contribution in [3.05, 3.63) is 303 Å². The van der Waals surface area contributed by atoms with Crippen LogP contribution in [0.3, 0.4) is 0 Å². The van der Waals surface area contributed by atoms with Gasteiger partial charge < -0.3 is 19.3 Å². The van der Waals surface area contributed by atoms with Gasteiger partial charge in [-0.05, 0) is 156 Å². The van der Waals surface area contributed by atoms with E-state index in [-0.39, 0.29) is 0 Å². The van der Waals surface area contributed by atoms with Gasteiger partial charge in [0.05, 0.1) is 11.2 Å². The number of fused-ring (bicyclic) bond motifs is 1. The minimum Gasteiger partial charge on any atom is -0.311 e. The number of nitrogens with zero attached hydrogens (tertiary/aromatic N) is 4. The molecule has 0 saturated carbocycles. The summed E-state index contributed by atoms with van der Waals surface area (Å²) in [5, 5.41) is 1.20. The highest BCUT2D eigenvalue weighted by atomic mass is 15.2. The third kappa shape index (κ3) is 8.59. The summed E-state index contributed by atoms with van der Waals surface area (Å²) in [4.78, 5) is 6.96. The lowest BCUT2D eigenvalue weighted by molar-refractivity contribution is 1.13. The standard InChI is InChI=1S/C68H50N4/c1-8-22-52(23-9-1)67-65-50-54(38-49-66(65)72(59-34-20-7-21-35-59)68(67)53-24-10-2-11-25-53)51-36-39-60(40-37-51)71(63-45-41-61(42-46-63)69(55-26-12-3-13-27-55)56-28-14-4-15-29-56)64-47-43-62(44-48-64)70(57-30-16-5-17-31-57)58-32-18-6-19-33-58/h1-50H. The lowest BCUT2D eigenvalue weighted by Crippen LogP contribution is -2.13. The SMILES string of the molecule is c1ccc(-c2c(-c3ccccc3)n(-c3ccccc3)c3ccc(-c4ccc(N(c5ccc(N(c6ccccc6)c6ccccc6)cc5)c5ccc(N(c6ccccc6)c6ccccc6)cc5)cc4)cc23)cc1. The summed E-state index contributed by atoms with van der Waals surface area (Å²) in [5.74, 6) is 0. The Morgan fingerprint density at radius 3 is 0.889 bits per heavy atom. The summed E-state index contributed by atoms with van der Waals surface area (Å²) < 4.78 is 2.42. The highest BCUT2D eigenvalue weighted by Gasteiger charge is 2.23. The largest absolute Gasteiger partial charge is 0.311 e. The summed E-state index contributed by atoms with van der Waals surface area (Å²) >= 11 is 0. The minimum atomic E-state index is 1.05. The van der Waals surface area contributed by atoms with Crippen molar-refractivity contribution in [3.8, 4) is 39.2 Å². The van der Waals surface area contributed by atoms with E-state index in [2.05, 4.69) is 323 Å². The first-order valence-electron chi connectivity index (χ1n) is 24.5. The van der Waals surface area contributed by atoms with Crippen LogP contribution in [0, 0.1) is 0 Å². The Kier molecular flexibility index (Phi) is 12.0. The molecule has 0 spiro atoms. The van der Waals surface area contributed by atoms with Gasteiger partial charge in [-0.3, -0.25) is 0 Å². The second-order valence-corrected chi connectivity index (χ2v) is 17.8. The molecular formula is C68H50N4. The van der Waals surface area contributed by atoms with E-state index in [9.17, 15) is 0 Å². The maximum absolute atomic E-state index is 2.42. The van der Waals surface area contributed by atoms with Crippen LogP contribution in [0.5, 0.6) is 0 Å². The van der Waals surface area contributed by atoms with Crippen molar-refractivity contribution < 1.29 is 0 Å². The molecule has 4 heteroatoms. The molecule has 0 amide bonds. The number of hydrogen-bond acceptors (Lipinski definition) is 3. The van der Waals surface area contributed by atoms with E-state index in [0.29, 0.717) is 0 Å². The first-order valence-corrected chi connectivity index (χ1v) is 24.5. The molecule has 12 rings (SSSR count). The average molecular weight is 923 g/mol. The van der Waals surface area contributed by atoms with Gasteiger partial charge in [-0.25, -0.2) is 0 Å². The van der Waals surface area contributed by atoms with Gasteiger partial charge in [-0.15, -0.1) is 0 Å². The summed E-state index contributed by atoms with van der Waals surface area (Å²) in [6, 6.07) is 108. The van der Waals surface area contributed by atoms with Gasteiger partial charge in [-0.2, -0.15) is 0 Å². The minimum absolute atomic E-state index is 1.05. The van der Waals surface area contributed by atoms with Gasteiger partial charge in [0.1, 0.15) is 0 Å². The van der Waals surface area contributed by atoms with Crippen LogP contribution < -0.4 is 14.7 Å². The average Bonchev–Trinajstić information content (AvgIpc) is 3.81. The molecule has 4 nitrogen and oxygen atoms in total. The fourth-order valence-corrected chi connectivity index (χ4v) is 10.0. The molecule has 0 saturated heterocycles. The Bertz CT molecular complexity index is 3470. The number of para-hydroxylation sites is 5. The van der Waals surface area contributed by atoms with Crippen LogP contribution in [0.15, 0.2) is 303 Å². The second kappa shape index (κ2) is 19.8. The normalized spacial score (nSPS) is 11.1. The Hall–Kier alpha value is -9.64. The van der Waals surface area contributed by atoms with Gasteiger partial charge in [0, 0.05) is 67.8 Å². The van der Waals surface area contributed by atoms with Crippen molar-refractivity contribution in [3.63, 3.8) is 0 Å². The van der Waals surface area contributed by atoms with E-state index in [4.69, 9.17) is 0 Å². The summed E-state index contributed by atoms with van der Waals surface area (Å²) in [6.07, 6.45) is 0. The molecular weight excluding hydrogens is 873 g/mol. The molecule has 12 aromatic rings. The number of rotatable bonds is 13. The molecule has 0 aliphatic heterocycles. The first-order chi connectivity index (χ1) is 35.7.